The Labute approximate surface area is 146 Å². The van der Waals surface area contributed by atoms with E-state index in [0.717, 1.165) is 0 Å². The lowest BCUT2D eigenvalue weighted by atomic mass is 10.2. The quantitative estimate of drug-likeness (QED) is 0.795. The number of hydrogen-bond donors (Lipinski definition) is 1. The lowest BCUT2D eigenvalue weighted by Gasteiger charge is -2.16. The second kappa shape index (κ2) is 7.43. The van der Waals surface area contributed by atoms with E-state index in [4.69, 9.17) is 11.6 Å². The van der Waals surface area contributed by atoms with E-state index in [2.05, 4.69) is 31.0 Å². The van der Waals surface area contributed by atoms with Crippen molar-refractivity contribution in [3.8, 4) is 0 Å². The first-order chi connectivity index (χ1) is 10.9. The average Bonchev–Trinajstić information content (AvgIpc) is 2.56. The molecule has 2 amide bonds. The molecule has 1 N–H and O–H groups in total. The molecule has 1 aromatic carbocycles. The highest BCUT2D eigenvalue weighted by molar-refractivity contribution is 9.10. The van der Waals surface area contributed by atoms with Gasteiger partial charge in [-0.2, -0.15) is 0 Å². The summed E-state index contributed by atoms with van der Waals surface area (Å²) in [5.74, 6) is -0.377. The number of amides is 2. The molecule has 0 radical (unpaired) electrons. The minimum absolute atomic E-state index is 0.118. The molecule has 0 aliphatic heterocycles. The fraction of sp³-hybridized carbons (Fsp3) is 0.133. The smallest absolute Gasteiger partial charge is 0.413 e. The molecule has 0 atom stereocenters. The fourth-order valence-electron chi connectivity index (χ4n) is 1.79. The van der Waals surface area contributed by atoms with Gasteiger partial charge in [0.2, 0.25) is 0 Å². The van der Waals surface area contributed by atoms with Crippen molar-refractivity contribution in [3.05, 3.63) is 51.7 Å². The van der Waals surface area contributed by atoms with Gasteiger partial charge in [0.1, 0.15) is 5.15 Å². The summed E-state index contributed by atoms with van der Waals surface area (Å²) in [6, 6.07) is 8.31. The monoisotopic (exact) mass is 397 g/mol. The molecule has 1 aromatic heterocycles. The van der Waals surface area contributed by atoms with E-state index in [1.807, 2.05) is 0 Å². The van der Waals surface area contributed by atoms with Gasteiger partial charge < -0.3 is 10.1 Å². The van der Waals surface area contributed by atoms with Gasteiger partial charge in [-0.3, -0.25) is 9.69 Å². The Balaban J connectivity index is 2.13. The standard InChI is InChI=1S/C15H13BrClN3O3/c1-20(15(22)23-2)11-5-3-10(4-6-11)19-14(21)12-7-9(16)8-18-13(12)17/h3-8H,1-2H3,(H,19,21). The first-order valence-electron chi connectivity index (χ1n) is 6.46. The van der Waals surface area contributed by atoms with Crippen molar-refractivity contribution in [1.29, 1.82) is 0 Å². The first-order valence-corrected chi connectivity index (χ1v) is 7.63. The largest absolute Gasteiger partial charge is 0.452 e. The molecule has 0 spiro atoms. The maximum atomic E-state index is 12.2. The zero-order valence-corrected chi connectivity index (χ0v) is 14.7. The molecule has 0 aliphatic carbocycles. The van der Waals surface area contributed by atoms with Crippen molar-refractivity contribution >= 4 is 50.9 Å². The van der Waals surface area contributed by atoms with Crippen molar-refractivity contribution in [1.82, 2.24) is 4.98 Å². The molecule has 0 aliphatic rings. The van der Waals surface area contributed by atoms with Crippen LogP contribution in [0.1, 0.15) is 10.4 Å². The zero-order chi connectivity index (χ0) is 17.0. The number of carbonyl (C=O) groups is 2. The molecular formula is C15H13BrClN3O3. The van der Waals surface area contributed by atoms with Crippen LogP contribution in [0.15, 0.2) is 41.0 Å². The molecule has 23 heavy (non-hydrogen) atoms. The van der Waals surface area contributed by atoms with Crippen LogP contribution in [0.3, 0.4) is 0 Å². The molecule has 2 aromatic rings. The topological polar surface area (TPSA) is 71.5 Å². The summed E-state index contributed by atoms with van der Waals surface area (Å²) in [4.78, 5) is 28.9. The predicted octanol–water partition coefficient (Wildman–Crippen LogP) is 3.95. The van der Waals surface area contributed by atoms with Gasteiger partial charge in [-0.15, -0.1) is 0 Å². The van der Waals surface area contributed by atoms with E-state index in [-0.39, 0.29) is 16.6 Å². The fourth-order valence-corrected chi connectivity index (χ4v) is 2.31. The van der Waals surface area contributed by atoms with E-state index in [1.54, 1.807) is 37.4 Å². The zero-order valence-electron chi connectivity index (χ0n) is 12.3. The molecule has 6 nitrogen and oxygen atoms in total. The van der Waals surface area contributed by atoms with Gasteiger partial charge in [-0.25, -0.2) is 9.78 Å². The summed E-state index contributed by atoms with van der Waals surface area (Å²) in [6.07, 6.45) is 1.03. The third kappa shape index (κ3) is 4.20. The predicted molar refractivity (Wildman–Crippen MR) is 92.2 cm³/mol. The highest BCUT2D eigenvalue weighted by Crippen LogP contribution is 2.21. The molecule has 0 saturated heterocycles. The van der Waals surface area contributed by atoms with Crippen LogP contribution >= 0.6 is 27.5 Å². The van der Waals surface area contributed by atoms with Crippen LogP contribution in [0, 0.1) is 0 Å². The number of nitrogens with one attached hydrogen (secondary N) is 1. The Hall–Kier alpha value is -2.12. The number of rotatable bonds is 3. The first kappa shape index (κ1) is 17.2. The number of hydrogen-bond acceptors (Lipinski definition) is 4. The summed E-state index contributed by atoms with van der Waals surface area (Å²) in [7, 11) is 2.90. The van der Waals surface area contributed by atoms with Crippen molar-refractivity contribution in [2.75, 3.05) is 24.4 Å². The molecule has 2 rings (SSSR count). The van der Waals surface area contributed by atoms with Crippen LogP contribution in [-0.4, -0.2) is 31.1 Å². The number of carbonyl (C=O) groups excluding carboxylic acids is 2. The van der Waals surface area contributed by atoms with Crippen molar-refractivity contribution in [2.45, 2.75) is 0 Å². The molecule has 0 saturated carbocycles. The number of halogens is 2. The number of methoxy groups -OCH3 is 1. The normalized spacial score (nSPS) is 10.1. The van der Waals surface area contributed by atoms with E-state index < -0.39 is 6.09 Å². The Morgan fingerprint density at radius 1 is 1.30 bits per heavy atom. The minimum atomic E-state index is -0.478. The molecule has 0 fully saturated rings. The molecule has 120 valence electrons. The summed E-state index contributed by atoms with van der Waals surface area (Å²) < 4.78 is 5.29. The summed E-state index contributed by atoms with van der Waals surface area (Å²) in [5, 5.41) is 2.83. The maximum absolute atomic E-state index is 12.2. The number of benzene rings is 1. The van der Waals surface area contributed by atoms with Gasteiger partial charge in [0.15, 0.2) is 0 Å². The van der Waals surface area contributed by atoms with Gasteiger partial charge in [0, 0.05) is 29.1 Å². The van der Waals surface area contributed by atoms with Crippen LogP contribution in [-0.2, 0) is 4.74 Å². The minimum Gasteiger partial charge on any atom is -0.452 e. The van der Waals surface area contributed by atoms with Gasteiger partial charge in [0.25, 0.3) is 5.91 Å². The molecule has 1 heterocycles. The Kier molecular flexibility index (Phi) is 5.57. The number of nitrogens with zero attached hydrogens (tertiary/aromatic N) is 2. The van der Waals surface area contributed by atoms with E-state index in [0.29, 0.717) is 15.8 Å². The van der Waals surface area contributed by atoms with Crippen molar-refractivity contribution in [2.24, 2.45) is 0 Å². The molecule has 0 unspecified atom stereocenters. The molecule has 0 bridgehead atoms. The van der Waals surface area contributed by atoms with Crippen LogP contribution < -0.4 is 10.2 Å². The average molecular weight is 399 g/mol. The third-order valence-corrected chi connectivity index (χ3v) is 3.75. The van der Waals surface area contributed by atoms with Gasteiger partial charge in [-0.05, 0) is 46.3 Å². The van der Waals surface area contributed by atoms with Crippen LogP contribution in [0.4, 0.5) is 16.2 Å². The molecular weight excluding hydrogens is 386 g/mol. The van der Waals surface area contributed by atoms with Crippen molar-refractivity contribution < 1.29 is 14.3 Å². The van der Waals surface area contributed by atoms with Gasteiger partial charge in [0.05, 0.1) is 12.7 Å². The highest BCUT2D eigenvalue weighted by atomic mass is 79.9. The third-order valence-electron chi connectivity index (χ3n) is 3.01. The van der Waals surface area contributed by atoms with Crippen LogP contribution in [0.5, 0.6) is 0 Å². The Morgan fingerprint density at radius 3 is 2.57 bits per heavy atom. The number of aromatic nitrogens is 1. The van der Waals surface area contributed by atoms with Crippen LogP contribution in [0.2, 0.25) is 5.15 Å². The SMILES string of the molecule is COC(=O)N(C)c1ccc(NC(=O)c2cc(Br)cnc2Cl)cc1. The van der Waals surface area contributed by atoms with E-state index in [1.165, 1.54) is 18.2 Å². The number of ether oxygens (including phenoxy) is 1. The summed E-state index contributed by atoms with van der Waals surface area (Å²) in [5.41, 5.74) is 1.46. The number of anilines is 2. The number of pyridine rings is 1. The summed E-state index contributed by atoms with van der Waals surface area (Å²) in [6.45, 7) is 0. The maximum Gasteiger partial charge on any atom is 0.413 e. The second-order valence-electron chi connectivity index (χ2n) is 4.52. The molecule has 8 heteroatoms. The van der Waals surface area contributed by atoms with E-state index in [9.17, 15) is 9.59 Å². The lowest BCUT2D eigenvalue weighted by Crippen LogP contribution is -2.25. The highest BCUT2D eigenvalue weighted by Gasteiger charge is 2.14. The van der Waals surface area contributed by atoms with Crippen molar-refractivity contribution in [3.63, 3.8) is 0 Å². The van der Waals surface area contributed by atoms with Gasteiger partial charge >= 0.3 is 6.09 Å². The Morgan fingerprint density at radius 2 is 1.96 bits per heavy atom. The van der Waals surface area contributed by atoms with Gasteiger partial charge in [-0.1, -0.05) is 11.6 Å². The summed E-state index contributed by atoms with van der Waals surface area (Å²) >= 11 is 9.17. The van der Waals surface area contributed by atoms with Crippen LogP contribution in [0.25, 0.3) is 0 Å². The second-order valence-corrected chi connectivity index (χ2v) is 5.80. The Bertz CT molecular complexity index is 737. The van der Waals surface area contributed by atoms with E-state index >= 15 is 0 Å². The lowest BCUT2D eigenvalue weighted by molar-refractivity contribution is 0.102.